The van der Waals surface area contributed by atoms with E-state index in [1.807, 2.05) is 6.92 Å². The topological polar surface area (TPSA) is 109 Å². The van der Waals surface area contributed by atoms with Crippen molar-refractivity contribution in [1.29, 1.82) is 0 Å². The molecule has 1 aliphatic rings. The summed E-state index contributed by atoms with van der Waals surface area (Å²) in [5, 5.41) is 6.96. The number of amides is 2. The van der Waals surface area contributed by atoms with Crippen LogP contribution in [0.2, 0.25) is 0 Å². The van der Waals surface area contributed by atoms with Gasteiger partial charge in [-0.15, -0.1) is 0 Å². The van der Waals surface area contributed by atoms with Gasteiger partial charge in [-0.2, -0.15) is 5.10 Å². The molecule has 1 fully saturated rings. The number of ether oxygens (including phenoxy) is 1. The maximum absolute atomic E-state index is 13.0. The van der Waals surface area contributed by atoms with Crippen LogP contribution in [0.4, 0.5) is 0 Å². The Labute approximate surface area is 175 Å². The van der Waals surface area contributed by atoms with Gasteiger partial charge in [-0.1, -0.05) is 6.92 Å². The van der Waals surface area contributed by atoms with Crippen LogP contribution in [0.1, 0.15) is 62.2 Å². The summed E-state index contributed by atoms with van der Waals surface area (Å²) in [4.78, 5) is 42.2. The molecule has 0 saturated carbocycles. The van der Waals surface area contributed by atoms with Gasteiger partial charge in [0.1, 0.15) is 5.69 Å². The predicted molar refractivity (Wildman–Crippen MR) is 110 cm³/mol. The molecule has 30 heavy (non-hydrogen) atoms. The molecule has 1 aliphatic heterocycles. The van der Waals surface area contributed by atoms with Crippen LogP contribution in [0.15, 0.2) is 12.4 Å². The number of piperidine rings is 1. The Morgan fingerprint density at radius 2 is 2.00 bits per heavy atom. The molecule has 2 aromatic heterocycles. The van der Waals surface area contributed by atoms with E-state index in [9.17, 15) is 14.4 Å². The lowest BCUT2D eigenvalue weighted by atomic mass is 9.96. The molecule has 3 rings (SSSR count). The van der Waals surface area contributed by atoms with Crippen LogP contribution in [-0.2, 0) is 18.2 Å². The zero-order chi connectivity index (χ0) is 21.8. The van der Waals surface area contributed by atoms with Crippen molar-refractivity contribution in [2.45, 2.75) is 33.1 Å². The standard InChI is InChI=1S/C21H29N5O4/c1-5-16-17(21(29)30-4)13(2)18(24-16)20(28)26-8-6-14(7-9-26)10-22-19(27)15-11-23-25(3)12-15/h11-12,14,24H,5-10H2,1-4H3,(H,22,27). The van der Waals surface area contributed by atoms with E-state index in [1.54, 1.807) is 35.9 Å². The van der Waals surface area contributed by atoms with Gasteiger partial charge in [0.25, 0.3) is 11.8 Å². The monoisotopic (exact) mass is 415 g/mol. The quantitative estimate of drug-likeness (QED) is 0.698. The third-order valence-corrected chi connectivity index (χ3v) is 5.70. The summed E-state index contributed by atoms with van der Waals surface area (Å²) >= 11 is 0. The van der Waals surface area contributed by atoms with Crippen LogP contribution in [0, 0.1) is 12.8 Å². The van der Waals surface area contributed by atoms with Crippen molar-refractivity contribution in [1.82, 2.24) is 25.0 Å². The molecule has 0 atom stereocenters. The summed E-state index contributed by atoms with van der Waals surface area (Å²) in [5.74, 6) is -0.347. The molecule has 2 aromatic rings. The summed E-state index contributed by atoms with van der Waals surface area (Å²) in [5.41, 5.74) is 2.80. The Morgan fingerprint density at radius 1 is 1.30 bits per heavy atom. The third-order valence-electron chi connectivity index (χ3n) is 5.70. The van der Waals surface area contributed by atoms with Crippen molar-refractivity contribution in [2.24, 2.45) is 13.0 Å². The number of aromatic amines is 1. The number of nitrogens with zero attached hydrogens (tertiary/aromatic N) is 3. The Kier molecular flexibility index (Phi) is 6.59. The molecule has 9 heteroatoms. The smallest absolute Gasteiger partial charge is 0.339 e. The van der Waals surface area contributed by atoms with E-state index >= 15 is 0 Å². The van der Waals surface area contributed by atoms with Gasteiger partial charge in [-0.3, -0.25) is 14.3 Å². The van der Waals surface area contributed by atoms with E-state index in [0.29, 0.717) is 54.4 Å². The second-order valence-corrected chi connectivity index (χ2v) is 7.67. The first-order valence-corrected chi connectivity index (χ1v) is 10.2. The average molecular weight is 415 g/mol. The molecule has 0 unspecified atom stereocenters. The number of carbonyl (C=O) groups is 3. The van der Waals surface area contributed by atoms with Crippen molar-refractivity contribution in [3.05, 3.63) is 40.5 Å². The number of esters is 1. The summed E-state index contributed by atoms with van der Waals surface area (Å²) in [6, 6.07) is 0. The first-order chi connectivity index (χ1) is 14.3. The first kappa shape index (κ1) is 21.6. The van der Waals surface area contributed by atoms with Crippen LogP contribution in [0.5, 0.6) is 0 Å². The molecule has 0 radical (unpaired) electrons. The lowest BCUT2D eigenvalue weighted by molar-refractivity contribution is 0.0598. The van der Waals surface area contributed by atoms with Crippen molar-refractivity contribution in [3.63, 3.8) is 0 Å². The lowest BCUT2D eigenvalue weighted by Gasteiger charge is -2.32. The zero-order valence-electron chi connectivity index (χ0n) is 17.9. The fourth-order valence-corrected chi connectivity index (χ4v) is 3.89. The van der Waals surface area contributed by atoms with Gasteiger partial charge in [-0.25, -0.2) is 4.79 Å². The number of hydrogen-bond acceptors (Lipinski definition) is 5. The number of nitrogens with one attached hydrogen (secondary N) is 2. The normalized spacial score (nSPS) is 14.6. The summed E-state index contributed by atoms with van der Waals surface area (Å²) < 4.78 is 6.46. The number of aryl methyl sites for hydroxylation is 2. The highest BCUT2D eigenvalue weighted by molar-refractivity contribution is 6.00. The largest absolute Gasteiger partial charge is 0.465 e. The molecule has 2 N–H and O–H groups in total. The van der Waals surface area contributed by atoms with E-state index < -0.39 is 5.97 Å². The van der Waals surface area contributed by atoms with E-state index in [4.69, 9.17) is 4.74 Å². The maximum atomic E-state index is 13.0. The molecular weight excluding hydrogens is 386 g/mol. The van der Waals surface area contributed by atoms with Crippen LogP contribution in [0.3, 0.4) is 0 Å². The zero-order valence-corrected chi connectivity index (χ0v) is 17.9. The van der Waals surface area contributed by atoms with E-state index in [0.717, 1.165) is 18.5 Å². The van der Waals surface area contributed by atoms with Crippen LogP contribution >= 0.6 is 0 Å². The van der Waals surface area contributed by atoms with Crippen molar-refractivity contribution >= 4 is 17.8 Å². The molecule has 9 nitrogen and oxygen atoms in total. The van der Waals surface area contributed by atoms with E-state index in [-0.39, 0.29) is 11.8 Å². The highest BCUT2D eigenvalue weighted by Crippen LogP contribution is 2.24. The van der Waals surface area contributed by atoms with Gasteiger partial charge in [0, 0.05) is 38.6 Å². The number of aromatic nitrogens is 3. The summed E-state index contributed by atoms with van der Waals surface area (Å²) in [7, 11) is 3.11. The Balaban J connectivity index is 1.57. The molecule has 3 heterocycles. The number of methoxy groups -OCH3 is 1. The number of carbonyl (C=O) groups excluding carboxylic acids is 3. The summed E-state index contributed by atoms with van der Waals surface area (Å²) in [6.45, 7) is 5.50. The van der Waals surface area contributed by atoms with Crippen molar-refractivity contribution in [2.75, 3.05) is 26.7 Å². The second-order valence-electron chi connectivity index (χ2n) is 7.67. The maximum Gasteiger partial charge on any atom is 0.339 e. The fourth-order valence-electron chi connectivity index (χ4n) is 3.89. The number of likely N-dealkylation sites (tertiary alicyclic amines) is 1. The minimum atomic E-state index is -0.428. The number of H-pyrrole nitrogens is 1. The van der Waals surface area contributed by atoms with Gasteiger partial charge in [0.15, 0.2) is 0 Å². The Morgan fingerprint density at radius 3 is 2.57 bits per heavy atom. The fraction of sp³-hybridized carbons (Fsp3) is 0.524. The SMILES string of the molecule is CCc1[nH]c(C(=O)N2CCC(CNC(=O)c3cnn(C)c3)CC2)c(C)c1C(=O)OC. The molecule has 2 amide bonds. The predicted octanol–water partition coefficient (Wildman–Crippen LogP) is 1.69. The summed E-state index contributed by atoms with van der Waals surface area (Å²) in [6.07, 6.45) is 5.45. The molecule has 1 saturated heterocycles. The van der Waals surface area contributed by atoms with Gasteiger partial charge in [0.2, 0.25) is 0 Å². The third kappa shape index (κ3) is 4.39. The molecular formula is C21H29N5O4. The van der Waals surface area contributed by atoms with Gasteiger partial charge >= 0.3 is 5.97 Å². The highest BCUT2D eigenvalue weighted by Gasteiger charge is 2.29. The Bertz CT molecular complexity index is 937. The highest BCUT2D eigenvalue weighted by atomic mass is 16.5. The minimum absolute atomic E-state index is 0.102. The first-order valence-electron chi connectivity index (χ1n) is 10.2. The number of hydrogen-bond donors (Lipinski definition) is 2. The van der Waals surface area contributed by atoms with E-state index in [1.165, 1.54) is 7.11 Å². The number of rotatable bonds is 6. The van der Waals surface area contributed by atoms with Crippen LogP contribution < -0.4 is 5.32 Å². The average Bonchev–Trinajstić information content (AvgIpc) is 3.34. The van der Waals surface area contributed by atoms with Crippen molar-refractivity contribution < 1.29 is 19.1 Å². The molecule has 162 valence electrons. The van der Waals surface area contributed by atoms with Gasteiger partial charge in [0.05, 0.1) is 24.4 Å². The van der Waals surface area contributed by atoms with Gasteiger partial charge in [-0.05, 0) is 37.7 Å². The molecule has 0 spiro atoms. The van der Waals surface area contributed by atoms with E-state index in [2.05, 4.69) is 15.4 Å². The van der Waals surface area contributed by atoms with Crippen LogP contribution in [0.25, 0.3) is 0 Å². The Hall–Kier alpha value is -3.10. The molecule has 0 aliphatic carbocycles. The second kappa shape index (κ2) is 9.15. The molecule has 0 aromatic carbocycles. The van der Waals surface area contributed by atoms with Crippen LogP contribution in [-0.4, -0.2) is 64.2 Å². The minimum Gasteiger partial charge on any atom is -0.465 e. The van der Waals surface area contributed by atoms with Gasteiger partial charge < -0.3 is 19.9 Å². The van der Waals surface area contributed by atoms with Crippen molar-refractivity contribution in [3.8, 4) is 0 Å². The lowest BCUT2D eigenvalue weighted by Crippen LogP contribution is -2.41. The molecule has 0 bridgehead atoms.